The van der Waals surface area contributed by atoms with Crippen molar-refractivity contribution >= 4 is 29.1 Å². The first-order valence-electron chi connectivity index (χ1n) is 6.37. The fraction of sp³-hybridized carbons (Fsp3) is 0.231. The first-order valence-corrected chi connectivity index (χ1v) is 6.75. The second-order valence-corrected chi connectivity index (χ2v) is 5.24. The van der Waals surface area contributed by atoms with Crippen molar-refractivity contribution in [2.75, 3.05) is 5.32 Å². The lowest BCUT2D eigenvalue weighted by molar-refractivity contribution is 0.0994. The zero-order valence-corrected chi connectivity index (χ0v) is 11.6. The van der Waals surface area contributed by atoms with E-state index >= 15 is 0 Å². The van der Waals surface area contributed by atoms with Gasteiger partial charge in [0, 0.05) is 11.5 Å². The van der Waals surface area contributed by atoms with Crippen LogP contribution in [-0.2, 0) is 0 Å². The lowest BCUT2D eigenvalue weighted by Gasteiger charge is -2.06. The number of halogens is 1. The molecular formula is C13H12ClN5O2. The number of aromatic amines is 1. The third-order valence-corrected chi connectivity index (χ3v) is 3.50. The highest BCUT2D eigenvalue weighted by Crippen LogP contribution is 2.37. The lowest BCUT2D eigenvalue weighted by atomic mass is 10.2. The molecule has 4 N–H and O–H groups in total. The summed E-state index contributed by atoms with van der Waals surface area (Å²) in [6.07, 6.45) is 2.12. The summed E-state index contributed by atoms with van der Waals surface area (Å²) in [6.45, 7) is 0. The number of nitrogens with zero attached hydrogens (tertiary/aromatic N) is 2. The van der Waals surface area contributed by atoms with E-state index in [-0.39, 0.29) is 17.1 Å². The van der Waals surface area contributed by atoms with Crippen LogP contribution in [0.2, 0.25) is 5.02 Å². The van der Waals surface area contributed by atoms with Gasteiger partial charge in [-0.15, -0.1) is 5.10 Å². The third kappa shape index (κ3) is 2.87. The molecule has 0 aliphatic heterocycles. The summed E-state index contributed by atoms with van der Waals surface area (Å²) in [6, 6.07) is 4.39. The van der Waals surface area contributed by atoms with Crippen LogP contribution in [0.3, 0.4) is 0 Å². The van der Waals surface area contributed by atoms with E-state index < -0.39 is 11.8 Å². The van der Waals surface area contributed by atoms with Gasteiger partial charge in [-0.3, -0.25) is 14.7 Å². The Balaban J connectivity index is 1.79. The molecule has 21 heavy (non-hydrogen) atoms. The molecule has 108 valence electrons. The number of hydrogen-bond donors (Lipinski definition) is 3. The zero-order valence-electron chi connectivity index (χ0n) is 10.9. The molecule has 1 aliphatic rings. The number of nitrogens with one attached hydrogen (secondary N) is 2. The van der Waals surface area contributed by atoms with Crippen molar-refractivity contribution in [2.45, 2.75) is 18.8 Å². The molecule has 1 saturated carbocycles. The summed E-state index contributed by atoms with van der Waals surface area (Å²) in [4.78, 5) is 27.4. The van der Waals surface area contributed by atoms with E-state index in [4.69, 9.17) is 17.3 Å². The fourth-order valence-corrected chi connectivity index (χ4v) is 2.03. The Morgan fingerprint density at radius 3 is 2.81 bits per heavy atom. The molecule has 0 radical (unpaired) electrons. The van der Waals surface area contributed by atoms with Gasteiger partial charge < -0.3 is 11.1 Å². The predicted octanol–water partition coefficient (Wildman–Crippen LogP) is 1.69. The van der Waals surface area contributed by atoms with E-state index in [2.05, 4.69) is 20.5 Å². The Labute approximate surface area is 124 Å². The van der Waals surface area contributed by atoms with E-state index in [1.807, 2.05) is 0 Å². The molecular weight excluding hydrogens is 294 g/mol. The molecule has 1 heterocycles. The van der Waals surface area contributed by atoms with Crippen molar-refractivity contribution in [2.24, 2.45) is 5.73 Å². The molecule has 2 amide bonds. The number of carbonyl (C=O) groups excluding carboxylic acids is 2. The summed E-state index contributed by atoms with van der Waals surface area (Å²) in [5.74, 6) is 0.0353. The van der Waals surface area contributed by atoms with Crippen molar-refractivity contribution in [3.05, 3.63) is 40.4 Å². The summed E-state index contributed by atoms with van der Waals surface area (Å²) in [7, 11) is 0. The van der Waals surface area contributed by atoms with Gasteiger partial charge in [0.05, 0.1) is 10.7 Å². The molecule has 1 fully saturated rings. The number of rotatable bonds is 4. The van der Waals surface area contributed by atoms with Crippen LogP contribution in [0.15, 0.2) is 18.2 Å². The first kappa shape index (κ1) is 13.6. The Hall–Kier alpha value is -2.41. The molecule has 0 bridgehead atoms. The molecule has 0 saturated heterocycles. The highest BCUT2D eigenvalue weighted by atomic mass is 35.5. The SMILES string of the molecule is NC(=O)c1ccc(Cl)c(NC(=O)c2n[nH]c(C3CC3)n2)c1. The van der Waals surface area contributed by atoms with Crippen molar-refractivity contribution in [1.82, 2.24) is 15.2 Å². The van der Waals surface area contributed by atoms with Gasteiger partial charge in [-0.2, -0.15) is 0 Å². The summed E-state index contributed by atoms with van der Waals surface area (Å²) >= 11 is 5.98. The number of aromatic nitrogens is 3. The lowest BCUT2D eigenvalue weighted by Crippen LogP contribution is -2.16. The summed E-state index contributed by atoms with van der Waals surface area (Å²) in [5, 5.41) is 9.50. The van der Waals surface area contributed by atoms with E-state index in [0.717, 1.165) is 18.7 Å². The van der Waals surface area contributed by atoms with Crippen LogP contribution in [-0.4, -0.2) is 27.0 Å². The Bertz CT molecular complexity index is 723. The van der Waals surface area contributed by atoms with E-state index in [9.17, 15) is 9.59 Å². The van der Waals surface area contributed by atoms with Gasteiger partial charge in [0.2, 0.25) is 11.7 Å². The van der Waals surface area contributed by atoms with Gasteiger partial charge in [0.1, 0.15) is 5.82 Å². The minimum Gasteiger partial charge on any atom is -0.366 e. The Morgan fingerprint density at radius 1 is 1.38 bits per heavy atom. The van der Waals surface area contributed by atoms with E-state index in [0.29, 0.717) is 10.9 Å². The number of carbonyl (C=O) groups is 2. The maximum atomic E-state index is 12.1. The number of H-pyrrole nitrogens is 1. The minimum atomic E-state index is -0.601. The van der Waals surface area contributed by atoms with Crippen molar-refractivity contribution in [3.8, 4) is 0 Å². The van der Waals surface area contributed by atoms with Crippen molar-refractivity contribution in [3.63, 3.8) is 0 Å². The van der Waals surface area contributed by atoms with Gasteiger partial charge in [-0.1, -0.05) is 11.6 Å². The quantitative estimate of drug-likeness (QED) is 0.797. The van der Waals surface area contributed by atoms with Gasteiger partial charge in [0.15, 0.2) is 0 Å². The van der Waals surface area contributed by atoms with Crippen LogP contribution in [0.25, 0.3) is 0 Å². The maximum absolute atomic E-state index is 12.1. The highest BCUT2D eigenvalue weighted by Gasteiger charge is 2.28. The average molecular weight is 306 g/mol. The number of anilines is 1. The number of amides is 2. The van der Waals surface area contributed by atoms with Gasteiger partial charge in [-0.05, 0) is 31.0 Å². The van der Waals surface area contributed by atoms with E-state index in [1.165, 1.54) is 18.2 Å². The molecule has 0 atom stereocenters. The standard InChI is InChI=1S/C13H12ClN5O2/c14-8-4-3-7(10(15)20)5-9(8)16-13(21)12-17-11(18-19-12)6-1-2-6/h3-6H,1-2H2,(H2,15,20)(H,16,21)(H,17,18,19). The molecule has 8 heteroatoms. The van der Waals surface area contributed by atoms with Gasteiger partial charge >= 0.3 is 0 Å². The molecule has 0 spiro atoms. The average Bonchev–Trinajstić information content (AvgIpc) is 3.18. The molecule has 2 aromatic rings. The monoisotopic (exact) mass is 305 g/mol. The molecule has 7 nitrogen and oxygen atoms in total. The van der Waals surface area contributed by atoms with Gasteiger partial charge in [0.25, 0.3) is 5.91 Å². The molecule has 1 aliphatic carbocycles. The topological polar surface area (TPSA) is 114 Å². The second-order valence-electron chi connectivity index (χ2n) is 4.83. The van der Waals surface area contributed by atoms with Crippen LogP contribution in [0.5, 0.6) is 0 Å². The number of primary amides is 1. The normalized spacial score (nSPS) is 14.0. The molecule has 1 aromatic carbocycles. The van der Waals surface area contributed by atoms with Crippen LogP contribution >= 0.6 is 11.6 Å². The number of benzene rings is 1. The van der Waals surface area contributed by atoms with E-state index in [1.54, 1.807) is 0 Å². The largest absolute Gasteiger partial charge is 0.366 e. The van der Waals surface area contributed by atoms with Gasteiger partial charge in [-0.25, -0.2) is 4.98 Å². The van der Waals surface area contributed by atoms with Crippen LogP contribution in [0.1, 0.15) is 45.6 Å². The maximum Gasteiger partial charge on any atom is 0.295 e. The van der Waals surface area contributed by atoms with Crippen LogP contribution < -0.4 is 11.1 Å². The summed E-state index contributed by atoms with van der Waals surface area (Å²) in [5.41, 5.74) is 5.73. The van der Waals surface area contributed by atoms with Crippen molar-refractivity contribution in [1.29, 1.82) is 0 Å². The van der Waals surface area contributed by atoms with Crippen LogP contribution in [0.4, 0.5) is 5.69 Å². The van der Waals surface area contributed by atoms with Crippen LogP contribution in [0, 0.1) is 0 Å². The first-order chi connectivity index (χ1) is 10.0. The Morgan fingerprint density at radius 2 is 2.14 bits per heavy atom. The number of nitrogens with two attached hydrogens (primary N) is 1. The molecule has 1 aromatic heterocycles. The zero-order chi connectivity index (χ0) is 15.0. The molecule has 3 rings (SSSR count). The second kappa shape index (κ2) is 5.17. The van der Waals surface area contributed by atoms with Crippen molar-refractivity contribution < 1.29 is 9.59 Å². The fourth-order valence-electron chi connectivity index (χ4n) is 1.87. The third-order valence-electron chi connectivity index (χ3n) is 3.17. The summed E-state index contributed by atoms with van der Waals surface area (Å²) < 4.78 is 0. The number of hydrogen-bond acceptors (Lipinski definition) is 4. The smallest absolute Gasteiger partial charge is 0.295 e. The Kier molecular flexibility index (Phi) is 3.34. The highest BCUT2D eigenvalue weighted by molar-refractivity contribution is 6.34. The minimum absolute atomic E-state index is 0.0393. The molecule has 0 unspecified atom stereocenters. The predicted molar refractivity (Wildman–Crippen MR) is 76.3 cm³/mol.